The maximum atomic E-state index is 13.2. The first kappa shape index (κ1) is 23.6. The zero-order valence-electron chi connectivity index (χ0n) is 20.2. The largest absolute Gasteiger partial charge is 0.480 e. The van der Waals surface area contributed by atoms with Crippen LogP contribution in [0.3, 0.4) is 0 Å². The molecular weight excluding hydrogens is 476 g/mol. The molecular formula is C25H26N8O2S. The first-order chi connectivity index (χ1) is 17.5. The van der Waals surface area contributed by atoms with Crippen molar-refractivity contribution in [3.05, 3.63) is 82.1 Å². The minimum absolute atomic E-state index is 0.153. The Labute approximate surface area is 211 Å². The molecule has 0 spiro atoms. The van der Waals surface area contributed by atoms with Crippen LogP contribution in [0.2, 0.25) is 0 Å². The third-order valence-corrected chi connectivity index (χ3v) is 7.04. The van der Waals surface area contributed by atoms with E-state index in [9.17, 15) is 4.79 Å². The first-order valence-electron chi connectivity index (χ1n) is 11.5. The number of amides is 1. The molecule has 1 aromatic carbocycles. The smallest absolute Gasteiger partial charge is 0.263 e. The highest BCUT2D eigenvalue weighted by atomic mass is 32.1. The van der Waals surface area contributed by atoms with Gasteiger partial charge in [-0.3, -0.25) is 14.8 Å². The summed E-state index contributed by atoms with van der Waals surface area (Å²) >= 11 is 1.57. The van der Waals surface area contributed by atoms with Gasteiger partial charge in [0.15, 0.2) is 5.65 Å². The second-order valence-corrected chi connectivity index (χ2v) is 9.04. The standard InChI is InChI=1S/C25H26N8O2S/c1-4-32-15-27-24(31-32)30-21(34)17-14-18-20(28-22(17)35-3)29-23(33(18)5-2)25(26,19-12-9-13-36-19)16-10-7-6-8-11-16/h6-15H,4-5,26H2,1-3H3,(H,30,31,34). The molecule has 36 heavy (non-hydrogen) atoms. The number of ether oxygens (including phenoxy) is 1. The number of pyridine rings is 1. The number of imidazole rings is 1. The van der Waals surface area contributed by atoms with Crippen molar-refractivity contribution in [2.75, 3.05) is 12.4 Å². The van der Waals surface area contributed by atoms with Gasteiger partial charge in [-0.25, -0.2) is 9.97 Å². The zero-order chi connectivity index (χ0) is 25.3. The number of thiophene rings is 1. The van der Waals surface area contributed by atoms with Crippen LogP contribution in [0.4, 0.5) is 5.95 Å². The molecule has 5 rings (SSSR count). The van der Waals surface area contributed by atoms with E-state index in [1.54, 1.807) is 28.4 Å². The van der Waals surface area contributed by atoms with Crippen LogP contribution in [0, 0.1) is 0 Å². The molecule has 0 aliphatic rings. The van der Waals surface area contributed by atoms with Gasteiger partial charge in [0, 0.05) is 18.0 Å². The number of nitrogens with one attached hydrogen (secondary N) is 1. The summed E-state index contributed by atoms with van der Waals surface area (Å²) in [6.07, 6.45) is 1.56. The van der Waals surface area contributed by atoms with Crippen molar-refractivity contribution in [3.8, 4) is 5.88 Å². The third-order valence-electron chi connectivity index (χ3n) is 6.04. The number of methoxy groups -OCH3 is 1. The lowest BCUT2D eigenvalue weighted by atomic mass is 9.88. The highest BCUT2D eigenvalue weighted by Gasteiger charge is 2.38. The number of nitrogens with two attached hydrogens (primary N) is 1. The number of aromatic nitrogens is 6. The minimum Gasteiger partial charge on any atom is -0.480 e. The van der Waals surface area contributed by atoms with Gasteiger partial charge in [0.1, 0.15) is 23.3 Å². The van der Waals surface area contributed by atoms with Gasteiger partial charge >= 0.3 is 0 Å². The Balaban J connectivity index is 1.66. The molecule has 11 heteroatoms. The number of fused-ring (bicyclic) bond motifs is 1. The fourth-order valence-electron chi connectivity index (χ4n) is 4.23. The normalized spacial score (nSPS) is 13.0. The number of carbonyl (C=O) groups is 1. The van der Waals surface area contributed by atoms with E-state index in [1.807, 2.05) is 66.3 Å². The molecule has 0 aliphatic carbocycles. The zero-order valence-corrected chi connectivity index (χ0v) is 21.0. The molecule has 10 nitrogen and oxygen atoms in total. The second-order valence-electron chi connectivity index (χ2n) is 8.10. The molecule has 0 aliphatic heterocycles. The summed E-state index contributed by atoms with van der Waals surface area (Å²) in [5.74, 6) is 0.557. The van der Waals surface area contributed by atoms with Crippen LogP contribution in [0.25, 0.3) is 11.2 Å². The Kier molecular flexibility index (Phi) is 6.25. The van der Waals surface area contributed by atoms with Crippen LogP contribution < -0.4 is 15.8 Å². The van der Waals surface area contributed by atoms with Crippen molar-refractivity contribution in [3.63, 3.8) is 0 Å². The molecule has 184 valence electrons. The van der Waals surface area contributed by atoms with Gasteiger partial charge in [-0.1, -0.05) is 36.4 Å². The van der Waals surface area contributed by atoms with E-state index >= 15 is 0 Å². The topological polar surface area (TPSA) is 126 Å². The lowest BCUT2D eigenvalue weighted by molar-refractivity contribution is 0.102. The molecule has 0 radical (unpaired) electrons. The molecule has 5 aromatic rings. The molecule has 0 bridgehead atoms. The predicted molar refractivity (Wildman–Crippen MR) is 138 cm³/mol. The molecule has 4 heterocycles. The lowest BCUT2D eigenvalue weighted by Crippen LogP contribution is -2.41. The Morgan fingerprint density at radius 3 is 2.58 bits per heavy atom. The van der Waals surface area contributed by atoms with E-state index in [2.05, 4.69) is 20.4 Å². The van der Waals surface area contributed by atoms with Gasteiger partial charge in [-0.05, 0) is 36.9 Å². The van der Waals surface area contributed by atoms with Crippen LogP contribution in [0.15, 0.2) is 60.2 Å². The van der Waals surface area contributed by atoms with E-state index in [-0.39, 0.29) is 17.4 Å². The number of carbonyl (C=O) groups excluding carboxylic acids is 1. The van der Waals surface area contributed by atoms with E-state index in [1.165, 1.54) is 7.11 Å². The average molecular weight is 503 g/mol. The number of aryl methyl sites for hydroxylation is 2. The molecule has 4 aromatic heterocycles. The number of hydrogen-bond donors (Lipinski definition) is 2. The molecule has 1 amide bonds. The van der Waals surface area contributed by atoms with Gasteiger partial charge in [-0.15, -0.1) is 16.4 Å². The summed E-state index contributed by atoms with van der Waals surface area (Å²) < 4.78 is 9.09. The molecule has 1 atom stereocenters. The van der Waals surface area contributed by atoms with E-state index < -0.39 is 11.4 Å². The SMILES string of the molecule is CCn1cnc(NC(=O)c2cc3c(nc2OC)nc(C(N)(c2ccccc2)c2cccs2)n3CC)n1. The quantitative estimate of drug-likeness (QED) is 0.332. The van der Waals surface area contributed by atoms with E-state index in [0.29, 0.717) is 30.1 Å². The fraction of sp³-hybridized carbons (Fsp3) is 0.240. The molecule has 1 unspecified atom stereocenters. The number of nitrogens with zero attached hydrogens (tertiary/aromatic N) is 6. The highest BCUT2D eigenvalue weighted by Crippen LogP contribution is 2.38. The summed E-state index contributed by atoms with van der Waals surface area (Å²) in [7, 11) is 1.47. The van der Waals surface area contributed by atoms with Crippen LogP contribution in [-0.4, -0.2) is 42.3 Å². The van der Waals surface area contributed by atoms with Crippen LogP contribution in [-0.2, 0) is 18.6 Å². The second kappa shape index (κ2) is 9.51. The van der Waals surface area contributed by atoms with Gasteiger partial charge < -0.3 is 15.0 Å². The highest BCUT2D eigenvalue weighted by molar-refractivity contribution is 7.10. The van der Waals surface area contributed by atoms with Gasteiger partial charge in [0.05, 0.1) is 12.6 Å². The maximum absolute atomic E-state index is 13.2. The first-order valence-corrected chi connectivity index (χ1v) is 12.4. The minimum atomic E-state index is -1.02. The maximum Gasteiger partial charge on any atom is 0.263 e. The van der Waals surface area contributed by atoms with E-state index in [4.69, 9.17) is 15.5 Å². The Morgan fingerprint density at radius 1 is 1.14 bits per heavy atom. The van der Waals surface area contributed by atoms with Crippen LogP contribution in [0.1, 0.15) is 40.5 Å². The number of benzene rings is 1. The van der Waals surface area contributed by atoms with Crippen molar-refractivity contribution in [1.82, 2.24) is 29.3 Å². The summed E-state index contributed by atoms with van der Waals surface area (Å²) in [6.45, 7) is 5.16. The fourth-order valence-corrected chi connectivity index (χ4v) is 5.09. The van der Waals surface area contributed by atoms with E-state index in [0.717, 1.165) is 10.4 Å². The summed E-state index contributed by atoms with van der Waals surface area (Å²) in [4.78, 5) is 27.7. The predicted octanol–water partition coefficient (Wildman–Crippen LogP) is 3.64. The molecule has 0 saturated carbocycles. The number of anilines is 1. The Morgan fingerprint density at radius 2 is 1.94 bits per heavy atom. The number of hydrogen-bond acceptors (Lipinski definition) is 8. The summed E-state index contributed by atoms with van der Waals surface area (Å²) in [5, 5.41) is 8.94. The average Bonchev–Trinajstić information content (AvgIpc) is 3.67. The van der Waals surface area contributed by atoms with Gasteiger partial charge in [0.2, 0.25) is 11.8 Å². The van der Waals surface area contributed by atoms with Gasteiger partial charge in [-0.2, -0.15) is 4.98 Å². The monoisotopic (exact) mass is 502 g/mol. The lowest BCUT2D eigenvalue weighted by Gasteiger charge is -2.29. The van der Waals surface area contributed by atoms with Crippen LogP contribution in [0.5, 0.6) is 5.88 Å². The van der Waals surface area contributed by atoms with Gasteiger partial charge in [0.25, 0.3) is 5.91 Å². The molecule has 0 saturated heterocycles. The van der Waals surface area contributed by atoms with Crippen molar-refractivity contribution < 1.29 is 9.53 Å². The number of rotatable bonds is 8. The third kappa shape index (κ3) is 3.91. The van der Waals surface area contributed by atoms with Crippen molar-refractivity contribution in [2.45, 2.75) is 32.5 Å². The summed E-state index contributed by atoms with van der Waals surface area (Å²) in [5.41, 5.74) is 8.45. The van der Waals surface area contributed by atoms with Crippen molar-refractivity contribution >= 4 is 34.4 Å². The summed E-state index contributed by atoms with van der Waals surface area (Å²) in [6, 6.07) is 15.6. The molecule has 3 N–H and O–H groups in total. The molecule has 0 fully saturated rings. The van der Waals surface area contributed by atoms with Crippen molar-refractivity contribution in [2.24, 2.45) is 5.73 Å². The van der Waals surface area contributed by atoms with Crippen LogP contribution >= 0.6 is 11.3 Å². The Hall–Kier alpha value is -4.09. The van der Waals surface area contributed by atoms with Crippen molar-refractivity contribution in [1.29, 1.82) is 0 Å². The Bertz CT molecular complexity index is 1510.